The summed E-state index contributed by atoms with van der Waals surface area (Å²) in [4.78, 5) is 29.2. The molecule has 31 heavy (non-hydrogen) atoms. The van der Waals surface area contributed by atoms with Crippen LogP contribution in [0.25, 0.3) is 11.4 Å². The van der Waals surface area contributed by atoms with E-state index in [-0.39, 0.29) is 23.4 Å². The SMILES string of the molecule is O=C(NCc1ccc(-c2nn[nH]n2)cc1)c1cc(F)cnc1C(=O)c1ccc(F)cc1. The van der Waals surface area contributed by atoms with Crippen molar-refractivity contribution in [2.45, 2.75) is 6.54 Å². The molecule has 4 rings (SSSR count). The zero-order valence-electron chi connectivity index (χ0n) is 15.8. The van der Waals surface area contributed by atoms with Crippen LogP contribution in [0.1, 0.15) is 32.0 Å². The molecule has 2 aromatic carbocycles. The summed E-state index contributed by atoms with van der Waals surface area (Å²) < 4.78 is 26.9. The summed E-state index contributed by atoms with van der Waals surface area (Å²) in [6.45, 7) is 0.131. The van der Waals surface area contributed by atoms with Crippen molar-refractivity contribution in [1.82, 2.24) is 30.9 Å². The maximum Gasteiger partial charge on any atom is 0.253 e. The molecule has 0 unspecified atom stereocenters. The lowest BCUT2D eigenvalue weighted by molar-refractivity contribution is 0.0937. The molecule has 0 atom stereocenters. The first kappa shape index (κ1) is 20.0. The zero-order valence-corrected chi connectivity index (χ0v) is 15.8. The Kier molecular flexibility index (Phi) is 5.52. The number of nitrogens with one attached hydrogen (secondary N) is 2. The minimum absolute atomic E-state index is 0.131. The molecule has 2 aromatic heterocycles. The highest BCUT2D eigenvalue weighted by molar-refractivity contribution is 6.14. The van der Waals surface area contributed by atoms with Crippen molar-refractivity contribution < 1.29 is 18.4 Å². The molecule has 10 heteroatoms. The van der Waals surface area contributed by atoms with Crippen LogP contribution in [0.3, 0.4) is 0 Å². The van der Waals surface area contributed by atoms with Crippen LogP contribution in [0, 0.1) is 11.6 Å². The van der Waals surface area contributed by atoms with Crippen LogP contribution >= 0.6 is 0 Å². The van der Waals surface area contributed by atoms with Crippen molar-refractivity contribution in [2.24, 2.45) is 0 Å². The number of rotatable bonds is 6. The highest BCUT2D eigenvalue weighted by atomic mass is 19.1. The first-order valence-electron chi connectivity index (χ1n) is 9.08. The summed E-state index contributed by atoms with van der Waals surface area (Å²) in [5.74, 6) is -2.11. The van der Waals surface area contributed by atoms with Crippen LogP contribution in [-0.4, -0.2) is 37.3 Å². The van der Waals surface area contributed by atoms with Gasteiger partial charge in [-0.2, -0.15) is 5.21 Å². The summed E-state index contributed by atoms with van der Waals surface area (Å²) in [5, 5.41) is 16.3. The van der Waals surface area contributed by atoms with Gasteiger partial charge >= 0.3 is 0 Å². The second-order valence-corrected chi connectivity index (χ2v) is 6.50. The van der Waals surface area contributed by atoms with Gasteiger partial charge in [0.15, 0.2) is 0 Å². The van der Waals surface area contributed by atoms with Gasteiger partial charge in [-0.25, -0.2) is 13.8 Å². The van der Waals surface area contributed by atoms with E-state index in [0.717, 1.165) is 35.5 Å². The second kappa shape index (κ2) is 8.57. The predicted octanol–water partition coefficient (Wildman–Crippen LogP) is 2.70. The molecule has 2 N–H and O–H groups in total. The van der Waals surface area contributed by atoms with Crippen LogP contribution in [0.4, 0.5) is 8.78 Å². The molecule has 4 aromatic rings. The number of benzene rings is 2. The summed E-state index contributed by atoms with van der Waals surface area (Å²) >= 11 is 0. The van der Waals surface area contributed by atoms with E-state index in [1.165, 1.54) is 12.1 Å². The van der Waals surface area contributed by atoms with E-state index < -0.39 is 23.3 Å². The number of tetrazole rings is 1. The van der Waals surface area contributed by atoms with Crippen molar-refractivity contribution >= 4 is 11.7 Å². The smallest absolute Gasteiger partial charge is 0.253 e. The van der Waals surface area contributed by atoms with E-state index in [2.05, 4.69) is 30.9 Å². The molecular formula is C21H14F2N6O2. The molecule has 154 valence electrons. The second-order valence-electron chi connectivity index (χ2n) is 6.50. The molecule has 0 aliphatic rings. The van der Waals surface area contributed by atoms with Gasteiger partial charge in [-0.05, 0) is 41.1 Å². The molecule has 0 spiro atoms. The number of hydrogen-bond donors (Lipinski definition) is 2. The number of halogens is 2. The summed E-state index contributed by atoms with van der Waals surface area (Å²) in [7, 11) is 0. The average Bonchev–Trinajstić information content (AvgIpc) is 3.33. The largest absolute Gasteiger partial charge is 0.348 e. The normalized spacial score (nSPS) is 10.6. The Morgan fingerprint density at radius 1 is 0.968 bits per heavy atom. The molecular weight excluding hydrogens is 406 g/mol. The monoisotopic (exact) mass is 420 g/mol. The van der Waals surface area contributed by atoms with Gasteiger partial charge in [-0.15, -0.1) is 10.2 Å². The minimum Gasteiger partial charge on any atom is -0.348 e. The van der Waals surface area contributed by atoms with Gasteiger partial charge in [0.2, 0.25) is 11.6 Å². The van der Waals surface area contributed by atoms with Crippen LogP contribution < -0.4 is 5.32 Å². The predicted molar refractivity (Wildman–Crippen MR) is 105 cm³/mol. The fourth-order valence-corrected chi connectivity index (χ4v) is 2.86. The van der Waals surface area contributed by atoms with Crippen molar-refractivity contribution in [2.75, 3.05) is 0 Å². The van der Waals surface area contributed by atoms with Gasteiger partial charge in [0.05, 0.1) is 11.8 Å². The van der Waals surface area contributed by atoms with E-state index in [9.17, 15) is 18.4 Å². The first-order chi connectivity index (χ1) is 15.0. The molecule has 8 nitrogen and oxygen atoms in total. The number of aromatic nitrogens is 5. The van der Waals surface area contributed by atoms with Crippen molar-refractivity contribution in [3.05, 3.63) is 94.8 Å². The number of nitrogens with zero attached hydrogens (tertiary/aromatic N) is 4. The quantitative estimate of drug-likeness (QED) is 0.464. The Morgan fingerprint density at radius 3 is 2.39 bits per heavy atom. The van der Waals surface area contributed by atoms with Gasteiger partial charge < -0.3 is 5.32 Å². The zero-order chi connectivity index (χ0) is 21.8. The summed E-state index contributed by atoms with van der Waals surface area (Å²) in [6.07, 6.45) is 0.851. The number of carbonyl (C=O) groups excluding carboxylic acids is 2. The third-order valence-electron chi connectivity index (χ3n) is 4.43. The third-order valence-corrected chi connectivity index (χ3v) is 4.43. The van der Waals surface area contributed by atoms with E-state index >= 15 is 0 Å². The maximum absolute atomic E-state index is 13.7. The highest BCUT2D eigenvalue weighted by Crippen LogP contribution is 2.16. The molecule has 0 radical (unpaired) electrons. The molecule has 0 bridgehead atoms. The highest BCUT2D eigenvalue weighted by Gasteiger charge is 2.21. The summed E-state index contributed by atoms with van der Waals surface area (Å²) in [5.41, 5.74) is 1.20. The molecule has 0 saturated heterocycles. The van der Waals surface area contributed by atoms with Crippen LogP contribution in [-0.2, 0) is 6.54 Å². The topological polar surface area (TPSA) is 114 Å². The van der Waals surface area contributed by atoms with Gasteiger partial charge in [0.1, 0.15) is 17.3 Å². The third kappa shape index (κ3) is 4.47. The number of carbonyl (C=O) groups is 2. The van der Waals surface area contributed by atoms with Crippen LogP contribution in [0.2, 0.25) is 0 Å². The van der Waals surface area contributed by atoms with Crippen molar-refractivity contribution in [1.29, 1.82) is 0 Å². The number of pyridine rings is 1. The Labute approximate surface area is 174 Å². The van der Waals surface area contributed by atoms with Gasteiger partial charge in [-0.3, -0.25) is 9.59 Å². The lowest BCUT2D eigenvalue weighted by atomic mass is 10.0. The molecule has 1 amide bonds. The molecule has 2 heterocycles. The fourth-order valence-electron chi connectivity index (χ4n) is 2.86. The minimum atomic E-state index is -0.759. The molecule has 0 aliphatic heterocycles. The number of ketones is 1. The Bertz CT molecular complexity index is 1230. The molecule has 0 fully saturated rings. The van der Waals surface area contributed by atoms with Gasteiger partial charge in [-0.1, -0.05) is 24.3 Å². The Morgan fingerprint density at radius 2 is 1.71 bits per heavy atom. The van der Waals surface area contributed by atoms with Crippen LogP contribution in [0.15, 0.2) is 60.8 Å². The molecule has 0 saturated carbocycles. The van der Waals surface area contributed by atoms with Gasteiger partial charge in [0.25, 0.3) is 5.91 Å². The number of hydrogen-bond acceptors (Lipinski definition) is 6. The number of amides is 1. The average molecular weight is 420 g/mol. The molecule has 0 aliphatic carbocycles. The maximum atomic E-state index is 13.7. The van der Waals surface area contributed by atoms with Crippen molar-refractivity contribution in [3.63, 3.8) is 0 Å². The number of aromatic amines is 1. The lowest BCUT2D eigenvalue weighted by Crippen LogP contribution is -2.26. The Balaban J connectivity index is 1.51. The fraction of sp³-hybridized carbons (Fsp3) is 0.0476. The lowest BCUT2D eigenvalue weighted by Gasteiger charge is -2.10. The van der Waals surface area contributed by atoms with E-state index in [1.807, 2.05) is 0 Å². The van der Waals surface area contributed by atoms with Crippen LogP contribution in [0.5, 0.6) is 0 Å². The van der Waals surface area contributed by atoms with E-state index in [1.54, 1.807) is 24.3 Å². The number of H-pyrrole nitrogens is 1. The van der Waals surface area contributed by atoms with E-state index in [4.69, 9.17) is 0 Å². The standard InChI is InChI=1S/C21H14F2N6O2/c22-15-7-5-13(6-8-15)19(30)18-17(9-16(23)11-24-18)21(31)25-10-12-1-3-14(4-2-12)20-26-28-29-27-20/h1-9,11H,10H2,(H,25,31)(H,26,27,28,29). The summed E-state index contributed by atoms with van der Waals surface area (Å²) in [6, 6.07) is 12.8. The van der Waals surface area contributed by atoms with Gasteiger partial charge in [0, 0.05) is 17.7 Å². The first-order valence-corrected chi connectivity index (χ1v) is 9.08. The Hall–Kier alpha value is -4.34. The van der Waals surface area contributed by atoms with E-state index in [0.29, 0.717) is 5.82 Å². The van der Waals surface area contributed by atoms with Crippen molar-refractivity contribution in [3.8, 4) is 11.4 Å².